The number of pyridine rings is 1. The highest BCUT2D eigenvalue weighted by Crippen LogP contribution is 2.37. The van der Waals surface area contributed by atoms with Crippen molar-refractivity contribution in [2.45, 2.75) is 19.0 Å². The maximum absolute atomic E-state index is 6.45. The molecule has 0 aliphatic heterocycles. The van der Waals surface area contributed by atoms with E-state index in [1.807, 2.05) is 60.8 Å². The lowest BCUT2D eigenvalue weighted by Gasteiger charge is -2.16. The van der Waals surface area contributed by atoms with E-state index in [4.69, 9.17) is 16.2 Å². The maximum atomic E-state index is 6.45. The molecule has 0 fully saturated rings. The van der Waals surface area contributed by atoms with Gasteiger partial charge in [0.2, 0.25) is 0 Å². The number of hydrogen-bond acceptors (Lipinski definition) is 6. The zero-order valence-electron chi connectivity index (χ0n) is 20.8. The molecule has 0 spiro atoms. The molecule has 38 heavy (non-hydrogen) atoms. The molecule has 0 saturated carbocycles. The van der Waals surface area contributed by atoms with Gasteiger partial charge in [-0.2, -0.15) is 0 Å². The summed E-state index contributed by atoms with van der Waals surface area (Å²) in [7, 11) is 0. The monoisotopic (exact) mass is 500 g/mol. The lowest BCUT2D eigenvalue weighted by Crippen LogP contribution is -2.30. The fraction of sp³-hybridized carbons (Fsp3) is 0.129. The second-order valence-electron chi connectivity index (χ2n) is 9.35. The van der Waals surface area contributed by atoms with Crippen molar-refractivity contribution in [3.8, 4) is 28.1 Å². The van der Waals surface area contributed by atoms with Crippen LogP contribution in [0.5, 0.6) is 5.75 Å². The summed E-state index contributed by atoms with van der Waals surface area (Å²) in [6.45, 7) is 0.777. The number of H-pyrrole nitrogens is 1. The normalized spacial score (nSPS) is 12.2. The summed E-state index contributed by atoms with van der Waals surface area (Å²) in [5.41, 5.74) is 20.3. The third-order valence-corrected chi connectivity index (χ3v) is 6.78. The van der Waals surface area contributed by atoms with Crippen molar-refractivity contribution in [1.82, 2.24) is 20.2 Å². The predicted molar refractivity (Wildman–Crippen MR) is 152 cm³/mol. The van der Waals surface area contributed by atoms with Gasteiger partial charge in [-0.25, -0.2) is 0 Å². The van der Waals surface area contributed by atoms with Gasteiger partial charge < -0.3 is 21.2 Å². The molecular formula is C31H28N6O. The van der Waals surface area contributed by atoms with Crippen LogP contribution in [0, 0.1) is 0 Å². The van der Waals surface area contributed by atoms with E-state index in [9.17, 15) is 0 Å². The Labute approximate surface area is 220 Å². The lowest BCUT2D eigenvalue weighted by atomic mass is 9.93. The summed E-state index contributed by atoms with van der Waals surface area (Å²) in [5.74, 6) is 0.630. The van der Waals surface area contributed by atoms with Gasteiger partial charge in [0.25, 0.3) is 0 Å². The summed E-state index contributed by atoms with van der Waals surface area (Å²) in [6.07, 6.45) is 6.20. The standard InChI is InChI=1S/C31H28N6O/c32-15-20-7-1-2-9-26(20)30-27-10-4-6-12-29(27)36-37-31(30)22-14-24(18-34-16-22)38-19-23(33)13-21-17-35-28-11-5-3-8-25(21)28/h1-12,14,16-18,23,35H,13,15,19,32-33H2/t23-/m0/s1. The van der Waals surface area contributed by atoms with Crippen LogP contribution in [-0.2, 0) is 13.0 Å². The van der Waals surface area contributed by atoms with Crippen molar-refractivity contribution < 1.29 is 4.74 Å². The molecule has 3 aromatic heterocycles. The number of nitrogens with zero attached hydrogens (tertiary/aromatic N) is 3. The average Bonchev–Trinajstić information content (AvgIpc) is 3.38. The van der Waals surface area contributed by atoms with Crippen LogP contribution >= 0.6 is 0 Å². The van der Waals surface area contributed by atoms with Crippen LogP contribution < -0.4 is 16.2 Å². The third kappa shape index (κ3) is 4.61. The van der Waals surface area contributed by atoms with Crippen molar-refractivity contribution in [2.75, 3.05) is 6.61 Å². The molecule has 7 nitrogen and oxygen atoms in total. The molecule has 6 aromatic rings. The number of nitrogens with two attached hydrogens (primary N) is 2. The molecular weight excluding hydrogens is 472 g/mol. The first-order chi connectivity index (χ1) is 18.7. The molecule has 0 saturated heterocycles. The number of ether oxygens (including phenoxy) is 1. The number of para-hydroxylation sites is 1. The summed E-state index contributed by atoms with van der Waals surface area (Å²) in [6, 6.07) is 26.1. The van der Waals surface area contributed by atoms with Gasteiger partial charge in [-0.3, -0.25) is 4.98 Å². The zero-order valence-corrected chi connectivity index (χ0v) is 20.8. The van der Waals surface area contributed by atoms with Gasteiger partial charge in [-0.1, -0.05) is 60.7 Å². The first-order valence-electron chi connectivity index (χ1n) is 12.6. The van der Waals surface area contributed by atoms with E-state index in [1.165, 1.54) is 10.9 Å². The first-order valence-corrected chi connectivity index (χ1v) is 12.6. The van der Waals surface area contributed by atoms with Crippen LogP contribution in [0.1, 0.15) is 11.1 Å². The van der Waals surface area contributed by atoms with Gasteiger partial charge in [-0.05, 0) is 41.3 Å². The molecule has 0 aliphatic carbocycles. The first kappa shape index (κ1) is 23.8. The van der Waals surface area contributed by atoms with E-state index in [1.54, 1.807) is 12.4 Å². The molecule has 1 atom stereocenters. The van der Waals surface area contributed by atoms with Crippen molar-refractivity contribution >= 4 is 21.8 Å². The Kier molecular flexibility index (Phi) is 6.52. The van der Waals surface area contributed by atoms with Crippen LogP contribution in [0.3, 0.4) is 0 Å². The number of benzene rings is 3. The Morgan fingerprint density at radius 2 is 1.63 bits per heavy atom. The number of rotatable bonds is 8. The fourth-order valence-electron chi connectivity index (χ4n) is 4.94. The summed E-state index contributed by atoms with van der Waals surface area (Å²) >= 11 is 0. The second kappa shape index (κ2) is 10.4. The fourth-order valence-corrected chi connectivity index (χ4v) is 4.94. The van der Waals surface area contributed by atoms with E-state index < -0.39 is 0 Å². The van der Waals surface area contributed by atoms with Crippen molar-refractivity contribution in [3.05, 3.63) is 109 Å². The molecule has 3 aromatic carbocycles. The number of hydrogen-bond donors (Lipinski definition) is 3. The number of aromatic amines is 1. The molecule has 0 aliphatic rings. The molecule has 0 amide bonds. The molecule has 5 N–H and O–H groups in total. The molecule has 0 bridgehead atoms. The molecule has 7 heteroatoms. The van der Waals surface area contributed by atoms with E-state index in [-0.39, 0.29) is 6.04 Å². The zero-order chi connectivity index (χ0) is 25.9. The summed E-state index contributed by atoms with van der Waals surface area (Å²) in [4.78, 5) is 7.76. The van der Waals surface area contributed by atoms with Crippen LogP contribution in [0.4, 0.5) is 0 Å². The second-order valence-corrected chi connectivity index (χ2v) is 9.35. The highest BCUT2D eigenvalue weighted by atomic mass is 16.5. The van der Waals surface area contributed by atoms with Gasteiger partial charge in [0.1, 0.15) is 18.1 Å². The van der Waals surface area contributed by atoms with Gasteiger partial charge >= 0.3 is 0 Å². The van der Waals surface area contributed by atoms with Gasteiger partial charge in [-0.15, -0.1) is 10.2 Å². The van der Waals surface area contributed by atoms with Crippen molar-refractivity contribution in [2.24, 2.45) is 11.5 Å². The Morgan fingerprint density at radius 3 is 2.53 bits per heavy atom. The minimum atomic E-state index is -0.176. The largest absolute Gasteiger partial charge is 0.490 e. The van der Waals surface area contributed by atoms with Crippen molar-refractivity contribution in [1.29, 1.82) is 0 Å². The lowest BCUT2D eigenvalue weighted by molar-refractivity contribution is 0.287. The SMILES string of the molecule is NCc1ccccc1-c1c(-c2cncc(OC[C@@H](N)Cc3c[nH]c4ccccc34)c2)nnc2ccccc12. The Morgan fingerprint density at radius 1 is 0.842 bits per heavy atom. The summed E-state index contributed by atoms with van der Waals surface area (Å²) in [5, 5.41) is 11.3. The van der Waals surface area contributed by atoms with E-state index in [0.29, 0.717) is 25.3 Å². The molecule has 3 heterocycles. The number of aromatic nitrogens is 4. The quantitative estimate of drug-likeness (QED) is 0.263. The summed E-state index contributed by atoms with van der Waals surface area (Å²) < 4.78 is 6.10. The highest BCUT2D eigenvalue weighted by Gasteiger charge is 2.18. The topological polar surface area (TPSA) is 116 Å². The van der Waals surface area contributed by atoms with Crippen LogP contribution in [0.15, 0.2) is 97.5 Å². The van der Waals surface area contributed by atoms with E-state index in [2.05, 4.69) is 44.4 Å². The molecule has 6 rings (SSSR count). The minimum Gasteiger partial charge on any atom is -0.490 e. The van der Waals surface area contributed by atoms with Crippen molar-refractivity contribution in [3.63, 3.8) is 0 Å². The highest BCUT2D eigenvalue weighted by molar-refractivity contribution is 6.01. The van der Waals surface area contributed by atoms with Gasteiger partial charge in [0, 0.05) is 52.4 Å². The van der Waals surface area contributed by atoms with E-state index in [0.717, 1.165) is 44.4 Å². The molecule has 0 unspecified atom stereocenters. The number of nitrogens with one attached hydrogen (secondary N) is 1. The molecule has 0 radical (unpaired) electrons. The average molecular weight is 501 g/mol. The van der Waals surface area contributed by atoms with Crippen LogP contribution in [-0.4, -0.2) is 32.8 Å². The van der Waals surface area contributed by atoms with Gasteiger partial charge in [0.15, 0.2) is 0 Å². The van der Waals surface area contributed by atoms with Crippen LogP contribution in [0.2, 0.25) is 0 Å². The van der Waals surface area contributed by atoms with Gasteiger partial charge in [0.05, 0.1) is 11.7 Å². The Hall–Kier alpha value is -4.59. The minimum absolute atomic E-state index is 0.176. The Balaban J connectivity index is 1.30. The number of fused-ring (bicyclic) bond motifs is 2. The predicted octanol–water partition coefficient (Wildman–Crippen LogP) is 5.25. The smallest absolute Gasteiger partial charge is 0.138 e. The Bertz CT molecular complexity index is 1730. The van der Waals surface area contributed by atoms with Crippen LogP contribution in [0.25, 0.3) is 44.2 Å². The maximum Gasteiger partial charge on any atom is 0.138 e. The molecule has 188 valence electrons. The third-order valence-electron chi connectivity index (χ3n) is 6.78. The van der Waals surface area contributed by atoms with E-state index >= 15 is 0 Å².